The number of aliphatic imine (C=N–C) groups is 1. The Morgan fingerprint density at radius 1 is 1.38 bits per heavy atom. The Morgan fingerprint density at radius 2 is 2.28 bits per heavy atom. The number of thiophene rings is 1. The molecule has 2 atom stereocenters. The standard InChI is InChI=1S/C22H32N4O2S/c1-17(2)14-24-22(23-9-8-19-6-4-11-28-19)25-15-20(21-7-5-13-29-21)26-10-12-27-18(3)16-26/h4-7,11,13,18,20H,1,8-10,12,14-16H2,2-3H3,(H2,23,24,25). The Hall–Kier alpha value is -2.09. The molecule has 158 valence electrons. The Labute approximate surface area is 177 Å². The van der Waals surface area contributed by atoms with E-state index in [1.807, 2.05) is 19.1 Å². The molecular formula is C22H32N4O2S. The van der Waals surface area contributed by atoms with Gasteiger partial charge < -0.3 is 19.8 Å². The first-order valence-corrected chi connectivity index (χ1v) is 11.1. The molecule has 0 amide bonds. The highest BCUT2D eigenvalue weighted by Gasteiger charge is 2.26. The van der Waals surface area contributed by atoms with Gasteiger partial charge in [0.1, 0.15) is 5.76 Å². The number of hydrogen-bond donors (Lipinski definition) is 2. The van der Waals surface area contributed by atoms with E-state index in [0.717, 1.165) is 50.0 Å². The third-order valence-corrected chi connectivity index (χ3v) is 5.78. The van der Waals surface area contributed by atoms with Crippen LogP contribution in [0.1, 0.15) is 30.5 Å². The van der Waals surface area contributed by atoms with E-state index in [0.29, 0.717) is 13.1 Å². The van der Waals surface area contributed by atoms with E-state index >= 15 is 0 Å². The maximum atomic E-state index is 5.74. The van der Waals surface area contributed by atoms with E-state index in [1.165, 1.54) is 4.88 Å². The van der Waals surface area contributed by atoms with Crippen LogP contribution in [0.5, 0.6) is 0 Å². The minimum absolute atomic E-state index is 0.252. The normalized spacial score (nSPS) is 19.1. The highest BCUT2D eigenvalue weighted by molar-refractivity contribution is 7.10. The summed E-state index contributed by atoms with van der Waals surface area (Å²) in [6.45, 7) is 12.9. The lowest BCUT2D eigenvalue weighted by Crippen LogP contribution is -2.44. The SMILES string of the molecule is C=C(C)CNC(=NCC(c1cccs1)N1CCOC(C)C1)NCCc1ccco1. The van der Waals surface area contributed by atoms with Gasteiger partial charge in [0.2, 0.25) is 0 Å². The van der Waals surface area contributed by atoms with E-state index in [1.54, 1.807) is 17.6 Å². The van der Waals surface area contributed by atoms with Crippen LogP contribution in [0.4, 0.5) is 0 Å². The predicted octanol–water partition coefficient (Wildman–Crippen LogP) is 3.46. The van der Waals surface area contributed by atoms with Gasteiger partial charge in [-0.3, -0.25) is 9.89 Å². The van der Waals surface area contributed by atoms with Crippen LogP contribution in [0.25, 0.3) is 0 Å². The summed E-state index contributed by atoms with van der Waals surface area (Å²) in [5.41, 5.74) is 1.07. The summed E-state index contributed by atoms with van der Waals surface area (Å²) in [6, 6.07) is 8.48. The lowest BCUT2D eigenvalue weighted by molar-refractivity contribution is -0.0327. The average molecular weight is 417 g/mol. The van der Waals surface area contributed by atoms with Crippen molar-refractivity contribution in [2.75, 3.05) is 39.3 Å². The van der Waals surface area contributed by atoms with Crippen LogP contribution >= 0.6 is 11.3 Å². The molecular weight excluding hydrogens is 384 g/mol. The molecule has 0 aromatic carbocycles. The molecule has 0 radical (unpaired) electrons. The topological polar surface area (TPSA) is 62.0 Å². The number of nitrogens with one attached hydrogen (secondary N) is 2. The van der Waals surface area contributed by atoms with Crippen molar-refractivity contribution < 1.29 is 9.15 Å². The largest absolute Gasteiger partial charge is 0.469 e. The summed E-state index contributed by atoms with van der Waals surface area (Å²) in [6.07, 6.45) is 2.77. The van der Waals surface area contributed by atoms with Crippen LogP contribution in [0.15, 0.2) is 57.5 Å². The number of nitrogens with zero attached hydrogens (tertiary/aromatic N) is 2. The Morgan fingerprint density at radius 3 is 2.97 bits per heavy atom. The number of hydrogen-bond acceptors (Lipinski definition) is 5. The minimum atomic E-state index is 0.252. The molecule has 0 spiro atoms. The number of guanidine groups is 1. The minimum Gasteiger partial charge on any atom is -0.469 e. The maximum Gasteiger partial charge on any atom is 0.191 e. The smallest absolute Gasteiger partial charge is 0.191 e. The summed E-state index contributed by atoms with van der Waals surface area (Å²) in [5, 5.41) is 8.94. The summed E-state index contributed by atoms with van der Waals surface area (Å²) in [5.74, 6) is 1.78. The van der Waals surface area contributed by atoms with Gasteiger partial charge >= 0.3 is 0 Å². The first kappa shape index (κ1) is 21.6. The fraction of sp³-hybridized carbons (Fsp3) is 0.500. The maximum absolute atomic E-state index is 5.74. The molecule has 29 heavy (non-hydrogen) atoms. The van der Waals surface area contributed by atoms with Crippen molar-refractivity contribution >= 4 is 17.3 Å². The molecule has 2 aromatic heterocycles. The highest BCUT2D eigenvalue weighted by atomic mass is 32.1. The zero-order valence-electron chi connectivity index (χ0n) is 17.4. The molecule has 3 heterocycles. The second-order valence-electron chi connectivity index (χ2n) is 7.46. The second-order valence-corrected chi connectivity index (χ2v) is 8.44. The number of rotatable bonds is 9. The van der Waals surface area contributed by atoms with Gasteiger partial charge in [-0.1, -0.05) is 18.2 Å². The van der Waals surface area contributed by atoms with E-state index in [9.17, 15) is 0 Å². The van der Waals surface area contributed by atoms with Crippen LogP contribution in [0.2, 0.25) is 0 Å². The van der Waals surface area contributed by atoms with Crippen LogP contribution in [0, 0.1) is 0 Å². The molecule has 0 bridgehead atoms. The van der Waals surface area contributed by atoms with Gasteiger partial charge in [0.05, 0.1) is 31.6 Å². The molecule has 6 nitrogen and oxygen atoms in total. The summed E-state index contributed by atoms with van der Waals surface area (Å²) >= 11 is 1.79. The Balaban J connectivity index is 1.66. The van der Waals surface area contributed by atoms with Gasteiger partial charge in [-0.15, -0.1) is 11.3 Å². The lowest BCUT2D eigenvalue weighted by atomic mass is 10.1. The van der Waals surface area contributed by atoms with Gasteiger partial charge in [-0.2, -0.15) is 0 Å². The number of morpholine rings is 1. The molecule has 0 aliphatic carbocycles. The fourth-order valence-electron chi connectivity index (χ4n) is 3.34. The zero-order chi connectivity index (χ0) is 20.5. The Kier molecular flexibility index (Phi) is 8.34. The molecule has 1 aliphatic rings. The van der Waals surface area contributed by atoms with Crippen molar-refractivity contribution in [3.05, 3.63) is 58.7 Å². The van der Waals surface area contributed by atoms with Crippen molar-refractivity contribution in [1.29, 1.82) is 0 Å². The van der Waals surface area contributed by atoms with Crippen LogP contribution < -0.4 is 10.6 Å². The monoisotopic (exact) mass is 416 g/mol. The number of furan rings is 1. The molecule has 7 heteroatoms. The average Bonchev–Trinajstić information content (AvgIpc) is 3.40. The van der Waals surface area contributed by atoms with Crippen molar-refractivity contribution in [3.63, 3.8) is 0 Å². The molecule has 2 unspecified atom stereocenters. The number of ether oxygens (including phenoxy) is 1. The fourth-order valence-corrected chi connectivity index (χ4v) is 4.19. The van der Waals surface area contributed by atoms with Crippen molar-refractivity contribution in [2.45, 2.75) is 32.4 Å². The molecule has 2 aromatic rings. The molecule has 1 fully saturated rings. The van der Waals surface area contributed by atoms with E-state index in [-0.39, 0.29) is 12.1 Å². The van der Waals surface area contributed by atoms with E-state index < -0.39 is 0 Å². The molecule has 2 N–H and O–H groups in total. The van der Waals surface area contributed by atoms with Gasteiger partial charge in [0, 0.05) is 37.5 Å². The summed E-state index contributed by atoms with van der Waals surface area (Å²) < 4.78 is 11.2. The van der Waals surface area contributed by atoms with Gasteiger partial charge in [-0.25, -0.2) is 0 Å². The van der Waals surface area contributed by atoms with Crippen molar-refractivity contribution in [2.24, 2.45) is 4.99 Å². The van der Waals surface area contributed by atoms with Gasteiger partial charge in [-0.05, 0) is 37.4 Å². The van der Waals surface area contributed by atoms with E-state index in [4.69, 9.17) is 14.1 Å². The summed E-state index contributed by atoms with van der Waals surface area (Å²) in [7, 11) is 0. The molecule has 1 saturated heterocycles. The lowest BCUT2D eigenvalue weighted by Gasteiger charge is -2.36. The summed E-state index contributed by atoms with van der Waals surface area (Å²) in [4.78, 5) is 8.75. The first-order chi connectivity index (χ1) is 14.1. The van der Waals surface area contributed by atoms with Crippen LogP contribution in [-0.4, -0.2) is 56.3 Å². The van der Waals surface area contributed by atoms with Gasteiger partial charge in [0.25, 0.3) is 0 Å². The quantitative estimate of drug-likeness (QED) is 0.372. The van der Waals surface area contributed by atoms with Crippen molar-refractivity contribution in [1.82, 2.24) is 15.5 Å². The molecule has 3 rings (SSSR count). The predicted molar refractivity (Wildman–Crippen MR) is 120 cm³/mol. The molecule has 1 aliphatic heterocycles. The third kappa shape index (κ3) is 7.03. The zero-order valence-corrected chi connectivity index (χ0v) is 18.2. The highest BCUT2D eigenvalue weighted by Crippen LogP contribution is 2.27. The van der Waals surface area contributed by atoms with Gasteiger partial charge in [0.15, 0.2) is 5.96 Å². The van der Waals surface area contributed by atoms with Crippen LogP contribution in [0.3, 0.4) is 0 Å². The van der Waals surface area contributed by atoms with Crippen molar-refractivity contribution in [3.8, 4) is 0 Å². The van der Waals surface area contributed by atoms with E-state index in [2.05, 4.69) is 46.5 Å². The Bertz CT molecular complexity index is 758. The third-order valence-electron chi connectivity index (χ3n) is 4.81. The van der Waals surface area contributed by atoms with Crippen LogP contribution in [-0.2, 0) is 11.2 Å². The molecule has 0 saturated carbocycles. The first-order valence-electron chi connectivity index (χ1n) is 10.2. The second kappa shape index (κ2) is 11.2.